The molecule has 0 aliphatic rings. The number of anilines is 2. The topological polar surface area (TPSA) is 1150 Å². The van der Waals surface area contributed by atoms with Gasteiger partial charge in [-0.2, -0.15) is 9.98 Å². The molecule has 0 amide bonds. The maximum Gasteiger partial charge on any atom is 0.335 e. The Morgan fingerprint density at radius 1 is 0.256 bits per heavy atom. The van der Waals surface area contributed by atoms with Crippen molar-refractivity contribution in [1.82, 2.24) is 0 Å². The zero-order valence-corrected chi connectivity index (χ0v) is 66.5. The molecule has 0 spiro atoms. The van der Waals surface area contributed by atoms with Gasteiger partial charge in [-0.3, -0.25) is 9.98 Å². The minimum Gasteiger partial charge on any atom is -0.479 e. The second-order valence-electron chi connectivity index (χ2n) is 24.8. The van der Waals surface area contributed by atoms with Crippen LogP contribution in [0.5, 0.6) is 0 Å². The van der Waals surface area contributed by atoms with Crippen LogP contribution in [-0.2, 0) is 33.6 Å². The normalized spacial score (nSPS) is 18.4. The quantitative estimate of drug-likeness (QED) is 0.0166. The van der Waals surface area contributed by atoms with Gasteiger partial charge in [0.1, 0.15) is 128 Å². The van der Waals surface area contributed by atoms with Gasteiger partial charge in [0.05, 0.1) is 46.2 Å². The van der Waals surface area contributed by atoms with E-state index in [2.05, 4.69) is 30.6 Å². The number of guanidine groups is 4. The molecule has 0 fully saturated rings. The highest BCUT2D eigenvalue weighted by Gasteiger charge is 2.40. The lowest BCUT2D eigenvalue weighted by atomic mass is 10.0. The van der Waals surface area contributed by atoms with Crippen molar-refractivity contribution in [2.75, 3.05) is 70.0 Å². The Labute approximate surface area is 714 Å². The number of aliphatic carboxylic acids is 7. The number of carboxylic acid groups (broad SMARTS) is 7. The molecule has 0 heterocycles. The van der Waals surface area contributed by atoms with Crippen LogP contribution < -0.4 is 33.6 Å². The number of aliphatic hydroxyl groups is 35. The number of hydrogen-bond acceptors (Lipinski definition) is 44. The number of hydrogen-bond donors (Lipinski definition) is 48. The Kier molecular flexibility index (Phi) is 70.7. The average Bonchev–Trinajstić information content (AvgIpc) is 0.888. The van der Waals surface area contributed by atoms with E-state index in [4.69, 9.17) is 261 Å². The van der Waals surface area contributed by atoms with Crippen LogP contribution in [0.25, 0.3) is 0 Å². The van der Waals surface area contributed by atoms with Crippen LogP contribution in [0.1, 0.15) is 25.7 Å². The molecule has 59 nitrogen and oxygen atoms in total. The molecule has 0 aromatic heterocycles. The van der Waals surface area contributed by atoms with Gasteiger partial charge < -0.3 is 248 Å². The summed E-state index contributed by atoms with van der Waals surface area (Å²) in [6.07, 6.45) is -51.2. The molecule has 125 heavy (non-hydrogen) atoms. The highest BCUT2D eigenvalue weighted by Crippen LogP contribution is 2.16. The van der Waals surface area contributed by atoms with Crippen molar-refractivity contribution in [2.45, 2.75) is 197 Å². The Hall–Kier alpha value is -8.61. The molecule has 28 atom stereocenters. The van der Waals surface area contributed by atoms with Gasteiger partial charge in [0, 0.05) is 34.5 Å². The minimum atomic E-state index is -2.20. The molecule has 2 aromatic rings. The van der Waals surface area contributed by atoms with Gasteiger partial charge in [-0.1, -0.05) is 36.0 Å². The van der Waals surface area contributed by atoms with E-state index in [0.717, 1.165) is 37.1 Å². The summed E-state index contributed by atoms with van der Waals surface area (Å²) in [5.41, 5.74) is 24.8. The molecule has 61 heteroatoms. The van der Waals surface area contributed by atoms with Crippen LogP contribution in [0.3, 0.4) is 0 Å². The van der Waals surface area contributed by atoms with Gasteiger partial charge in [-0.25, -0.2) is 33.6 Å². The second kappa shape index (κ2) is 69.5. The largest absolute Gasteiger partial charge is 0.479 e. The summed E-state index contributed by atoms with van der Waals surface area (Å²) in [4.78, 5) is 87.1. The Balaban J connectivity index is -0.000000338. The number of aliphatic hydroxyl groups excluding tert-OH is 35. The van der Waals surface area contributed by atoms with Crippen molar-refractivity contribution in [2.24, 2.45) is 42.9 Å². The number of nitrogens with zero attached hydrogens (tertiary/aromatic N) is 4. The monoisotopic (exact) mass is 1880 g/mol. The molecule has 0 aliphatic carbocycles. The predicted molar refractivity (Wildman–Crippen MR) is 416 cm³/mol. The van der Waals surface area contributed by atoms with Crippen molar-refractivity contribution in [1.29, 1.82) is 0 Å². The molecular weight excluding hydrogens is 1760 g/mol. The zero-order valence-electron chi connectivity index (χ0n) is 65.0. The number of carboxylic acids is 7. The van der Waals surface area contributed by atoms with Crippen LogP contribution >= 0.6 is 23.2 Å². The second-order valence-corrected chi connectivity index (χ2v) is 25.6. The summed E-state index contributed by atoms with van der Waals surface area (Å²) in [5.74, 6) is -11.5. The lowest BCUT2D eigenvalue weighted by Crippen LogP contribution is -2.48. The third-order valence-electron chi connectivity index (χ3n) is 14.9. The third-order valence-corrected chi connectivity index (χ3v) is 15.4. The molecule has 0 saturated heterocycles. The molecule has 0 radical (unpaired) electrons. The van der Waals surface area contributed by atoms with E-state index in [1.165, 1.54) is 0 Å². The summed E-state index contributed by atoms with van der Waals surface area (Å²) in [5, 5.41) is 370. The van der Waals surface area contributed by atoms with Gasteiger partial charge in [0.15, 0.2) is 42.7 Å². The molecule has 728 valence electrons. The van der Waals surface area contributed by atoms with Crippen LogP contribution in [0.2, 0.25) is 10.0 Å². The first-order valence-electron chi connectivity index (χ1n) is 35.0. The fourth-order valence-corrected chi connectivity index (χ4v) is 7.63. The Morgan fingerprint density at radius 3 is 0.528 bits per heavy atom. The van der Waals surface area contributed by atoms with E-state index < -0.39 is 259 Å². The Morgan fingerprint density at radius 2 is 0.400 bits per heavy atom. The number of halogens is 2. The molecular formula is C64H114Cl2N10O49. The molecule has 2 aromatic carbocycles. The van der Waals surface area contributed by atoms with Crippen molar-refractivity contribution in [3.8, 4) is 0 Å². The van der Waals surface area contributed by atoms with E-state index in [1.54, 1.807) is 48.5 Å². The van der Waals surface area contributed by atoms with Crippen molar-refractivity contribution in [3.05, 3.63) is 58.6 Å². The number of nitrogens with one attached hydrogen (secondary N) is 2. The number of nitrogens with two attached hydrogens (primary N) is 4. The first-order valence-corrected chi connectivity index (χ1v) is 35.7. The van der Waals surface area contributed by atoms with E-state index in [1.807, 2.05) is 0 Å². The zero-order chi connectivity index (χ0) is 98.9. The van der Waals surface area contributed by atoms with Crippen LogP contribution in [0, 0.1) is 0 Å². The maximum atomic E-state index is 10.1. The van der Waals surface area contributed by atoms with Gasteiger partial charge >= 0.3 is 41.8 Å². The fraction of sp³-hybridized carbons (Fsp3) is 0.641. The predicted octanol–water partition coefficient (Wildman–Crippen LogP) is -21.1. The number of rotatable bonds is 44. The van der Waals surface area contributed by atoms with Crippen LogP contribution in [-0.4, -0.2) is 510 Å². The van der Waals surface area contributed by atoms with Gasteiger partial charge in [-0.05, 0) is 61.4 Å². The molecule has 0 saturated carbocycles. The number of carbonyl (C=O) groups is 7. The standard InChI is InChI=1S/C22H30Cl2N10.7C6H12O7/c23-15-5-9-17(10-6-15)31-21(27)33-19(25)29-13-3-1-2-4-14-30-20(26)34-22(28)32-18-11-7-16(24)8-12-18;7*7-1-2(8)3(9)4(10)5(11)6(12)13/h5-12H,1-4,13-14H2,(H5,25,27,29,31,33)(H5,26,28,30,32,34);7*2-5,7-11H,1H2,(H,12,13)/t;7*2-,3-,4+,5-/m.1111111/s1. The molecule has 0 bridgehead atoms. The van der Waals surface area contributed by atoms with Gasteiger partial charge in [-0.15, -0.1) is 0 Å². The summed E-state index contributed by atoms with van der Waals surface area (Å²) in [6, 6.07) is 14.1. The van der Waals surface area contributed by atoms with Gasteiger partial charge in [0.25, 0.3) is 0 Å². The summed E-state index contributed by atoms with van der Waals surface area (Å²) in [7, 11) is 0. The lowest BCUT2D eigenvalue weighted by molar-refractivity contribution is -0.164. The first-order chi connectivity index (χ1) is 57.7. The van der Waals surface area contributed by atoms with E-state index >= 15 is 0 Å². The molecule has 2 rings (SSSR count). The van der Waals surface area contributed by atoms with Crippen LogP contribution in [0.15, 0.2) is 68.5 Å². The molecule has 0 aliphatic heterocycles. The van der Waals surface area contributed by atoms with Gasteiger partial charge in [0.2, 0.25) is 23.8 Å². The molecule has 52 N–H and O–H groups in total. The maximum absolute atomic E-state index is 10.1. The van der Waals surface area contributed by atoms with E-state index in [0.29, 0.717) is 23.1 Å². The van der Waals surface area contributed by atoms with E-state index in [-0.39, 0.29) is 23.8 Å². The number of unbranched alkanes of at least 4 members (excludes halogenated alkanes) is 3. The highest BCUT2D eigenvalue weighted by atomic mass is 35.5. The smallest absolute Gasteiger partial charge is 0.335 e. The number of benzene rings is 2. The Bertz CT molecular complexity index is 2960. The lowest BCUT2D eigenvalue weighted by Gasteiger charge is -2.23. The summed E-state index contributed by atoms with van der Waals surface area (Å²) < 4.78 is 0. The van der Waals surface area contributed by atoms with Crippen molar-refractivity contribution < 1.29 is 248 Å². The van der Waals surface area contributed by atoms with Crippen molar-refractivity contribution in [3.63, 3.8) is 0 Å². The average molecular weight is 1880 g/mol. The summed E-state index contributed by atoms with van der Waals surface area (Å²) in [6.45, 7) is -4.78. The summed E-state index contributed by atoms with van der Waals surface area (Å²) >= 11 is 11.7. The highest BCUT2D eigenvalue weighted by molar-refractivity contribution is 6.31. The van der Waals surface area contributed by atoms with Crippen LogP contribution in [0.4, 0.5) is 11.4 Å². The fourth-order valence-electron chi connectivity index (χ4n) is 7.38. The number of aliphatic imine (C=N–C) groups is 4. The van der Waals surface area contributed by atoms with Crippen molar-refractivity contribution >= 4 is 100 Å². The van der Waals surface area contributed by atoms with E-state index in [9.17, 15) is 33.6 Å². The first kappa shape index (κ1) is 127. The minimum absolute atomic E-state index is 0.124. The SMILES string of the molecule is NC(=NCCCCCCN=C(N)N=C(N)Nc1ccc(Cl)cc1)N=C(N)Nc1ccc(Cl)cc1.O=C(O)[C@H](O)[C@@H](O)[C@H](O)[C@H](O)CO.O=C(O)[C@H](O)[C@@H](O)[C@H](O)[C@H](O)CO.O=C(O)[C@H](O)[C@@H](O)[C@H](O)[C@H](O)CO.O=C(O)[C@H](O)[C@@H](O)[C@H](O)[C@H](O)CO.O=C(O)[C@H](O)[C@@H](O)[C@H](O)[C@H](O)CO.O=C(O)[C@H](O)[C@@H](O)[C@H](O)[C@H](O)CO.O=C(O)[C@H](O)[C@@H](O)[C@H](O)[C@H](O)CO. The third kappa shape index (κ3) is 54.9. The molecule has 0 unspecified atom stereocenters.